The van der Waals surface area contributed by atoms with Gasteiger partial charge in [0.1, 0.15) is 6.54 Å². The number of amides is 1. The van der Waals surface area contributed by atoms with Gasteiger partial charge in [-0.3, -0.25) is 14.2 Å². The molecule has 0 bridgehead atoms. The van der Waals surface area contributed by atoms with Crippen molar-refractivity contribution >= 4 is 22.9 Å². The van der Waals surface area contributed by atoms with Crippen LogP contribution in [0.5, 0.6) is 0 Å². The molecule has 0 unspecified atom stereocenters. The van der Waals surface area contributed by atoms with Crippen LogP contribution in [0, 0.1) is 6.92 Å². The number of anilines is 1. The summed E-state index contributed by atoms with van der Waals surface area (Å²) in [6, 6.07) is 17.4. The quantitative estimate of drug-likeness (QED) is 0.730. The third-order valence-electron chi connectivity index (χ3n) is 3.94. The van der Waals surface area contributed by atoms with E-state index in [1.807, 2.05) is 66.9 Å². The highest BCUT2D eigenvalue weighted by molar-refractivity contribution is 7.07. The van der Waals surface area contributed by atoms with Crippen LogP contribution in [0.2, 0.25) is 0 Å². The maximum Gasteiger partial charge on any atom is 0.308 e. The number of rotatable bonds is 4. The van der Waals surface area contributed by atoms with Gasteiger partial charge < -0.3 is 4.90 Å². The molecule has 0 fully saturated rings. The topological polar surface area (TPSA) is 42.3 Å². The van der Waals surface area contributed by atoms with E-state index in [1.54, 1.807) is 11.9 Å². The zero-order chi connectivity index (χ0) is 17.1. The zero-order valence-electron chi connectivity index (χ0n) is 13.6. The lowest BCUT2D eigenvalue weighted by atomic mass is 10.1. The number of carbonyl (C=O) groups is 1. The summed E-state index contributed by atoms with van der Waals surface area (Å²) < 4.78 is 1.54. The van der Waals surface area contributed by atoms with E-state index in [-0.39, 0.29) is 17.3 Å². The molecule has 2 aromatic carbocycles. The second kappa shape index (κ2) is 6.84. The van der Waals surface area contributed by atoms with Crippen molar-refractivity contribution in [2.45, 2.75) is 13.5 Å². The van der Waals surface area contributed by atoms with Gasteiger partial charge in [-0.2, -0.15) is 0 Å². The molecular formula is C19H18N2O2S. The number of hydrogen-bond donors (Lipinski definition) is 0. The van der Waals surface area contributed by atoms with Crippen molar-refractivity contribution in [2.75, 3.05) is 11.9 Å². The fourth-order valence-corrected chi connectivity index (χ4v) is 3.23. The van der Waals surface area contributed by atoms with Crippen LogP contribution in [0.15, 0.2) is 64.8 Å². The van der Waals surface area contributed by atoms with Gasteiger partial charge in [-0.15, -0.1) is 0 Å². The molecule has 3 aromatic rings. The number of thiazole rings is 1. The minimum absolute atomic E-state index is 0.0247. The van der Waals surface area contributed by atoms with Crippen molar-refractivity contribution in [2.24, 2.45) is 0 Å². The summed E-state index contributed by atoms with van der Waals surface area (Å²) in [7, 11) is 1.72. The first-order valence-corrected chi connectivity index (χ1v) is 8.51. The smallest absolute Gasteiger partial charge is 0.308 e. The molecule has 3 rings (SSSR count). The Bertz CT molecular complexity index is 895. The van der Waals surface area contributed by atoms with Crippen molar-refractivity contribution < 1.29 is 4.79 Å². The van der Waals surface area contributed by atoms with Gasteiger partial charge in [-0.1, -0.05) is 59.4 Å². The number of likely N-dealkylation sites (N-methyl/N-ethyl adjacent to an activating group) is 1. The minimum atomic E-state index is -0.130. The molecule has 0 saturated heterocycles. The molecule has 0 aliphatic rings. The van der Waals surface area contributed by atoms with Gasteiger partial charge >= 0.3 is 4.87 Å². The third kappa shape index (κ3) is 3.31. The molecule has 0 N–H and O–H groups in total. The molecule has 1 aromatic heterocycles. The first kappa shape index (κ1) is 16.2. The Morgan fingerprint density at radius 1 is 1.08 bits per heavy atom. The molecule has 1 amide bonds. The summed E-state index contributed by atoms with van der Waals surface area (Å²) in [4.78, 5) is 26.2. The number of aryl methyl sites for hydroxylation is 1. The van der Waals surface area contributed by atoms with Crippen LogP contribution in [0.1, 0.15) is 5.56 Å². The van der Waals surface area contributed by atoms with E-state index < -0.39 is 0 Å². The molecule has 0 aliphatic heterocycles. The first-order chi connectivity index (χ1) is 11.6. The highest BCUT2D eigenvalue weighted by Crippen LogP contribution is 2.21. The van der Waals surface area contributed by atoms with Crippen LogP contribution in [0.4, 0.5) is 5.69 Å². The predicted molar refractivity (Wildman–Crippen MR) is 98.6 cm³/mol. The Hall–Kier alpha value is -2.66. The van der Waals surface area contributed by atoms with Crippen molar-refractivity contribution in [3.63, 3.8) is 0 Å². The van der Waals surface area contributed by atoms with E-state index >= 15 is 0 Å². The predicted octanol–water partition coefficient (Wildman–Crippen LogP) is 3.55. The zero-order valence-corrected chi connectivity index (χ0v) is 14.4. The molecule has 5 heteroatoms. The van der Waals surface area contributed by atoms with Crippen molar-refractivity contribution in [1.29, 1.82) is 0 Å². The van der Waals surface area contributed by atoms with E-state index in [4.69, 9.17) is 0 Å². The van der Waals surface area contributed by atoms with E-state index in [0.29, 0.717) is 0 Å². The van der Waals surface area contributed by atoms with Crippen molar-refractivity contribution in [1.82, 2.24) is 4.57 Å². The summed E-state index contributed by atoms with van der Waals surface area (Å²) in [5.74, 6) is -0.130. The van der Waals surface area contributed by atoms with Crippen LogP contribution in [0.25, 0.3) is 11.3 Å². The number of nitrogens with zero attached hydrogens (tertiary/aromatic N) is 2. The lowest BCUT2D eigenvalue weighted by Gasteiger charge is -2.18. The highest BCUT2D eigenvalue weighted by Gasteiger charge is 2.16. The summed E-state index contributed by atoms with van der Waals surface area (Å²) in [5, 5.41) is 1.81. The first-order valence-electron chi connectivity index (χ1n) is 7.63. The van der Waals surface area contributed by atoms with Crippen molar-refractivity contribution in [3.8, 4) is 11.3 Å². The highest BCUT2D eigenvalue weighted by atomic mass is 32.1. The standard InChI is InChI=1S/C19H18N2O2S/c1-14-8-10-15(11-9-14)17-13-24-19(23)21(17)12-18(22)20(2)16-6-4-3-5-7-16/h3-11,13H,12H2,1-2H3. The van der Waals surface area contributed by atoms with Crippen LogP contribution >= 0.6 is 11.3 Å². The molecule has 1 heterocycles. The Morgan fingerprint density at radius 3 is 2.42 bits per heavy atom. The largest absolute Gasteiger partial charge is 0.314 e. The summed E-state index contributed by atoms with van der Waals surface area (Å²) in [6.45, 7) is 2.04. The van der Waals surface area contributed by atoms with E-state index in [2.05, 4.69) is 0 Å². The second-order valence-corrected chi connectivity index (χ2v) is 6.45. The number of carbonyl (C=O) groups excluding carboxylic acids is 1. The maximum absolute atomic E-state index is 12.6. The molecule has 0 spiro atoms. The average Bonchev–Trinajstić information content (AvgIpc) is 2.96. The van der Waals surface area contributed by atoms with Gasteiger partial charge in [-0.05, 0) is 24.6 Å². The molecule has 0 aliphatic carbocycles. The van der Waals surface area contributed by atoms with Crippen LogP contribution in [-0.2, 0) is 11.3 Å². The molecule has 0 radical (unpaired) electrons. The van der Waals surface area contributed by atoms with Gasteiger partial charge in [0.2, 0.25) is 5.91 Å². The molecule has 0 saturated carbocycles. The summed E-state index contributed by atoms with van der Waals surface area (Å²) >= 11 is 1.12. The van der Waals surface area contributed by atoms with Crippen LogP contribution in [0.3, 0.4) is 0 Å². The fraction of sp³-hybridized carbons (Fsp3) is 0.158. The molecule has 122 valence electrons. The summed E-state index contributed by atoms with van der Waals surface area (Å²) in [6.07, 6.45) is 0. The number of para-hydroxylation sites is 1. The molecule has 4 nitrogen and oxygen atoms in total. The van der Waals surface area contributed by atoms with Crippen LogP contribution in [-0.4, -0.2) is 17.5 Å². The SMILES string of the molecule is Cc1ccc(-c2csc(=O)n2CC(=O)N(C)c2ccccc2)cc1. The van der Waals surface area contributed by atoms with E-state index in [0.717, 1.165) is 33.8 Å². The fourth-order valence-electron chi connectivity index (χ4n) is 2.47. The van der Waals surface area contributed by atoms with Crippen LogP contribution < -0.4 is 9.77 Å². The van der Waals surface area contributed by atoms with Gasteiger partial charge in [0.25, 0.3) is 0 Å². The average molecular weight is 338 g/mol. The molecular weight excluding hydrogens is 320 g/mol. The Labute approximate surface area is 144 Å². The number of aromatic nitrogens is 1. The normalized spacial score (nSPS) is 10.6. The monoisotopic (exact) mass is 338 g/mol. The van der Waals surface area contributed by atoms with E-state index in [9.17, 15) is 9.59 Å². The van der Waals surface area contributed by atoms with Gasteiger partial charge in [0.15, 0.2) is 0 Å². The minimum Gasteiger partial charge on any atom is -0.314 e. The summed E-state index contributed by atoms with van der Waals surface area (Å²) in [5.41, 5.74) is 3.68. The molecule has 24 heavy (non-hydrogen) atoms. The number of hydrogen-bond acceptors (Lipinski definition) is 3. The van der Waals surface area contributed by atoms with Gasteiger partial charge in [0.05, 0.1) is 5.69 Å². The Kier molecular flexibility index (Phi) is 4.62. The third-order valence-corrected chi connectivity index (χ3v) is 4.70. The van der Waals surface area contributed by atoms with Gasteiger partial charge in [-0.25, -0.2) is 0 Å². The Balaban J connectivity index is 1.88. The van der Waals surface area contributed by atoms with E-state index in [1.165, 1.54) is 4.57 Å². The van der Waals surface area contributed by atoms with Crippen molar-refractivity contribution in [3.05, 3.63) is 75.2 Å². The lowest BCUT2D eigenvalue weighted by molar-refractivity contribution is -0.118. The van der Waals surface area contributed by atoms with Gasteiger partial charge in [0, 0.05) is 18.1 Å². The second-order valence-electron chi connectivity index (χ2n) is 5.63. The molecule has 0 atom stereocenters. The maximum atomic E-state index is 12.6. The number of benzene rings is 2. The lowest BCUT2D eigenvalue weighted by Crippen LogP contribution is -2.32. The Morgan fingerprint density at radius 2 is 1.75 bits per heavy atom.